The zero-order valence-corrected chi connectivity index (χ0v) is 32.7. The van der Waals surface area contributed by atoms with Crippen LogP contribution in [0.1, 0.15) is 113 Å². The zero-order valence-electron chi connectivity index (χ0n) is 32.7. The first-order valence-corrected chi connectivity index (χ1v) is 18.1. The van der Waals surface area contributed by atoms with Crippen LogP contribution in [0.5, 0.6) is 0 Å². The van der Waals surface area contributed by atoms with Gasteiger partial charge < -0.3 is 35.8 Å². The second-order valence-corrected chi connectivity index (χ2v) is 15.5. The maximum absolute atomic E-state index is 13.4. The Morgan fingerprint density at radius 1 is 0.774 bits per heavy atom. The first-order chi connectivity index (χ1) is 24.7. The Bertz CT molecular complexity index is 1970. The van der Waals surface area contributed by atoms with Crippen molar-refractivity contribution in [2.45, 2.75) is 112 Å². The van der Waals surface area contributed by atoms with E-state index in [2.05, 4.69) is 39.1 Å². The Hall–Kier alpha value is -5.16. The molecule has 2 aliphatic heterocycles. The van der Waals surface area contributed by atoms with Crippen LogP contribution in [0, 0.1) is 13.8 Å². The van der Waals surface area contributed by atoms with Gasteiger partial charge >= 0.3 is 5.97 Å². The molecule has 0 atom stereocenters. The quantitative estimate of drug-likeness (QED) is 0.115. The number of carbonyl (C=O) groups is 4. The molecule has 11 nitrogen and oxygen atoms in total. The van der Waals surface area contributed by atoms with E-state index in [1.165, 1.54) is 6.08 Å². The molecule has 0 spiro atoms. The van der Waals surface area contributed by atoms with Crippen molar-refractivity contribution in [2.75, 3.05) is 6.61 Å². The Labute approximate surface area is 312 Å². The number of carbonyl (C=O) groups excluding carboxylic acids is 3. The third-order valence-electron chi connectivity index (χ3n) is 9.88. The summed E-state index contributed by atoms with van der Waals surface area (Å²) in [5.41, 5.74) is 10.1. The molecular weight excluding hydrogens is 670 g/mol. The van der Waals surface area contributed by atoms with Gasteiger partial charge in [-0.1, -0.05) is 25.3 Å². The number of allylic oxidation sites excluding steroid dienone is 2. The molecule has 284 valence electrons. The summed E-state index contributed by atoms with van der Waals surface area (Å²) in [4.78, 5) is 57.3. The summed E-state index contributed by atoms with van der Waals surface area (Å²) >= 11 is 0. The lowest BCUT2D eigenvalue weighted by atomic mass is 9.97. The largest absolute Gasteiger partial charge is 0.481 e. The number of rotatable bonds is 16. The van der Waals surface area contributed by atoms with Crippen LogP contribution in [0.25, 0.3) is 12.2 Å². The van der Waals surface area contributed by atoms with Crippen LogP contribution in [-0.2, 0) is 43.2 Å². The molecule has 0 aliphatic carbocycles. The summed E-state index contributed by atoms with van der Waals surface area (Å²) < 4.78 is 5.90. The van der Waals surface area contributed by atoms with Gasteiger partial charge in [0.1, 0.15) is 0 Å². The maximum Gasteiger partial charge on any atom is 0.303 e. The van der Waals surface area contributed by atoms with E-state index < -0.39 is 11.5 Å². The fraction of sp³-hybridized carbons (Fsp3) is 0.429. The number of H-pyrrole nitrogens is 2. The van der Waals surface area contributed by atoms with Crippen molar-refractivity contribution in [1.29, 1.82) is 0 Å². The third-order valence-corrected chi connectivity index (χ3v) is 9.88. The number of aromatic amines is 2. The van der Waals surface area contributed by atoms with Crippen LogP contribution in [0.15, 0.2) is 59.0 Å². The lowest BCUT2D eigenvalue weighted by Crippen LogP contribution is -2.44. The Morgan fingerprint density at radius 2 is 1.23 bits per heavy atom. The predicted octanol–water partition coefficient (Wildman–Crippen LogP) is 6.55. The molecule has 6 N–H and O–H groups in total. The summed E-state index contributed by atoms with van der Waals surface area (Å²) in [6.45, 7) is 25.7. The summed E-state index contributed by atoms with van der Waals surface area (Å²) in [5.74, 6) is -1.42. The average molecular weight is 726 g/mol. The van der Waals surface area contributed by atoms with E-state index in [0.717, 1.165) is 56.2 Å². The number of aromatic nitrogens is 2. The number of ether oxygens (including phenoxy) is 1. The topological polar surface area (TPSA) is 165 Å². The van der Waals surface area contributed by atoms with Gasteiger partial charge in [-0.15, -0.1) is 0 Å². The Morgan fingerprint density at radius 3 is 1.62 bits per heavy atom. The van der Waals surface area contributed by atoms with Crippen LogP contribution in [0.4, 0.5) is 0 Å². The summed E-state index contributed by atoms with van der Waals surface area (Å²) in [7, 11) is 0. The summed E-state index contributed by atoms with van der Waals surface area (Å²) in [6.07, 6.45) is 8.85. The Kier molecular flexibility index (Phi) is 12.4. The van der Waals surface area contributed by atoms with Crippen molar-refractivity contribution >= 4 is 35.8 Å². The van der Waals surface area contributed by atoms with Crippen LogP contribution < -0.4 is 16.0 Å². The van der Waals surface area contributed by atoms with Crippen molar-refractivity contribution in [3.8, 4) is 0 Å². The lowest BCUT2D eigenvalue weighted by molar-refractivity contribution is -0.137. The van der Waals surface area contributed by atoms with E-state index >= 15 is 0 Å². The van der Waals surface area contributed by atoms with Crippen LogP contribution in [0.3, 0.4) is 0 Å². The molecule has 4 heterocycles. The van der Waals surface area contributed by atoms with Gasteiger partial charge in [-0.25, -0.2) is 0 Å². The molecule has 0 aromatic carbocycles. The summed E-state index contributed by atoms with van der Waals surface area (Å²) in [5, 5.41) is 18.6. The minimum absolute atomic E-state index is 0.0559. The van der Waals surface area contributed by atoms with Crippen molar-refractivity contribution in [2.24, 2.45) is 0 Å². The second kappa shape index (κ2) is 16.2. The number of hydrogen-bond acceptors (Lipinski definition) is 5. The molecule has 4 rings (SSSR count). The number of amides is 3. The maximum atomic E-state index is 13.4. The van der Waals surface area contributed by atoms with E-state index in [4.69, 9.17) is 4.74 Å². The molecule has 0 bridgehead atoms. The predicted molar refractivity (Wildman–Crippen MR) is 209 cm³/mol. The summed E-state index contributed by atoms with van der Waals surface area (Å²) in [6, 6.07) is 0. The van der Waals surface area contributed by atoms with Gasteiger partial charge in [0.2, 0.25) is 5.91 Å². The number of carboxylic acids is 1. The van der Waals surface area contributed by atoms with Gasteiger partial charge in [0.15, 0.2) is 0 Å². The minimum Gasteiger partial charge on any atom is -0.481 e. The molecule has 3 amide bonds. The molecule has 0 saturated heterocycles. The number of hydrogen-bond donors (Lipinski definition) is 6. The van der Waals surface area contributed by atoms with Crippen LogP contribution in [0.2, 0.25) is 0 Å². The average Bonchev–Trinajstić information content (AvgIpc) is 3.69. The number of nitrogens with one attached hydrogen (secondary N) is 5. The first kappa shape index (κ1) is 40.6. The van der Waals surface area contributed by atoms with Gasteiger partial charge in [-0.05, 0) is 127 Å². The first-order valence-electron chi connectivity index (χ1n) is 18.1. The van der Waals surface area contributed by atoms with Crippen molar-refractivity contribution in [3.05, 3.63) is 104 Å². The van der Waals surface area contributed by atoms with Crippen molar-refractivity contribution in [1.82, 2.24) is 25.9 Å². The van der Waals surface area contributed by atoms with Gasteiger partial charge in [-0.2, -0.15) is 0 Å². The van der Waals surface area contributed by atoms with Crippen LogP contribution in [-0.4, -0.2) is 56.5 Å². The molecule has 0 radical (unpaired) electrons. The van der Waals surface area contributed by atoms with Crippen molar-refractivity contribution < 1.29 is 29.0 Å². The van der Waals surface area contributed by atoms with Gasteiger partial charge in [0.05, 0.1) is 5.60 Å². The van der Waals surface area contributed by atoms with Crippen molar-refractivity contribution in [3.63, 3.8) is 0 Å². The highest BCUT2D eigenvalue weighted by atomic mass is 16.5. The molecule has 2 aliphatic rings. The van der Waals surface area contributed by atoms with E-state index in [-0.39, 0.29) is 36.2 Å². The molecule has 53 heavy (non-hydrogen) atoms. The second-order valence-electron chi connectivity index (χ2n) is 15.5. The Balaban J connectivity index is 1.72. The SMILES string of the molecule is C=CC1=C(C)/C(=C/c2[nH]c(Cc3[nH]c(/C=C4\NC(=O)C(C=C)=C4C)c(C)c3CCC(=O)NC(C)(C)CCOC(C)(C)C)c(CCC(=O)O)c2C)NC1=O. The number of carboxylic acid groups (broad SMARTS) is 1. The highest BCUT2D eigenvalue weighted by molar-refractivity contribution is 6.04. The fourth-order valence-corrected chi connectivity index (χ4v) is 6.74. The van der Waals surface area contributed by atoms with Gasteiger partial charge in [0, 0.05) is 76.7 Å². The normalized spacial score (nSPS) is 16.5. The standard InChI is InChI=1S/C42H55N5O6/c1-12-27-23(3)33(45-39(27)51)20-31-25(5)29(14-16-37(48)47-42(10,11)18-19-53-41(7,8)9)35(43-31)22-36-30(15-17-38(49)50)26(6)32(44-36)21-34-24(4)28(13-2)40(52)46-34/h12-13,20-21,43-44H,1-2,14-19,22H2,3-11H3,(H,45,51)(H,46,52)(H,47,48)(H,49,50)/b33-20-,34-21-. The van der Waals surface area contributed by atoms with E-state index in [1.807, 2.05) is 74.5 Å². The molecular formula is C42H55N5O6. The number of aliphatic carboxylic acids is 1. The zero-order chi connectivity index (χ0) is 39.4. The van der Waals surface area contributed by atoms with Gasteiger partial charge in [0.25, 0.3) is 11.8 Å². The fourth-order valence-electron chi connectivity index (χ4n) is 6.74. The van der Waals surface area contributed by atoms with Gasteiger partial charge in [-0.3, -0.25) is 19.2 Å². The van der Waals surface area contributed by atoms with E-state index in [9.17, 15) is 24.3 Å². The highest BCUT2D eigenvalue weighted by Crippen LogP contribution is 2.31. The molecule has 0 saturated carbocycles. The molecule has 0 fully saturated rings. The lowest BCUT2D eigenvalue weighted by Gasteiger charge is -2.28. The minimum atomic E-state index is -0.904. The van der Waals surface area contributed by atoms with Crippen LogP contribution >= 0.6 is 0 Å². The highest BCUT2D eigenvalue weighted by Gasteiger charge is 2.27. The molecule has 11 heteroatoms. The molecule has 2 aromatic heterocycles. The molecule has 0 unspecified atom stereocenters. The van der Waals surface area contributed by atoms with E-state index in [1.54, 1.807) is 6.08 Å². The molecule has 2 aromatic rings. The van der Waals surface area contributed by atoms with E-state index in [0.29, 0.717) is 54.8 Å². The third kappa shape index (κ3) is 9.84. The smallest absolute Gasteiger partial charge is 0.303 e. The monoisotopic (exact) mass is 725 g/mol.